The largest absolute Gasteiger partial charge is 0.465 e. The van der Waals surface area contributed by atoms with Crippen molar-refractivity contribution >= 4 is 16.1 Å². The molecule has 22 heavy (non-hydrogen) atoms. The molecule has 132 valence electrons. The first kappa shape index (κ1) is 21.1. The Morgan fingerprint density at radius 2 is 1.68 bits per heavy atom. The summed E-state index contributed by atoms with van der Waals surface area (Å²) in [6.45, 7) is 5.56. The molecule has 0 aromatic heterocycles. The summed E-state index contributed by atoms with van der Waals surface area (Å²) in [6.07, 6.45) is -1.38. The third-order valence-electron chi connectivity index (χ3n) is 3.87. The second kappa shape index (κ2) is 6.69. The van der Waals surface area contributed by atoms with Crippen molar-refractivity contribution in [3.8, 4) is 0 Å². The van der Waals surface area contributed by atoms with Gasteiger partial charge in [0, 0.05) is 0 Å². The van der Waals surface area contributed by atoms with E-state index in [2.05, 4.69) is 4.74 Å². The van der Waals surface area contributed by atoms with Crippen LogP contribution in [-0.4, -0.2) is 36.7 Å². The molecule has 0 aliphatic heterocycles. The van der Waals surface area contributed by atoms with E-state index >= 15 is 0 Å². The van der Waals surface area contributed by atoms with E-state index in [4.69, 9.17) is 4.55 Å². The summed E-state index contributed by atoms with van der Waals surface area (Å²) in [6, 6.07) is 0. The minimum absolute atomic E-state index is 0.176. The van der Waals surface area contributed by atoms with Gasteiger partial charge in [-0.2, -0.15) is 26.0 Å². The standard InChI is InChI=1S/C12H20F4O5S/c1-5-10(4,8(2)3)9(17)21-7-6-11(13,14)12(15,16)22(18,19)20/h8H,5-7H2,1-4H3,(H,18,19,20). The number of rotatable bonds is 8. The lowest BCUT2D eigenvalue weighted by Crippen LogP contribution is -2.47. The maximum Gasteiger partial charge on any atom is 0.431 e. The molecule has 0 aliphatic rings. The van der Waals surface area contributed by atoms with Gasteiger partial charge in [0.25, 0.3) is 0 Å². The molecule has 0 fully saturated rings. The van der Waals surface area contributed by atoms with Crippen molar-refractivity contribution in [3.05, 3.63) is 0 Å². The van der Waals surface area contributed by atoms with Crippen LogP contribution in [-0.2, 0) is 19.6 Å². The lowest BCUT2D eigenvalue weighted by atomic mass is 9.77. The highest BCUT2D eigenvalue weighted by Crippen LogP contribution is 2.41. The molecule has 0 heterocycles. The summed E-state index contributed by atoms with van der Waals surface area (Å²) in [5.41, 5.74) is -0.971. The van der Waals surface area contributed by atoms with E-state index in [9.17, 15) is 30.8 Å². The first-order chi connectivity index (χ1) is 9.63. The molecule has 0 aliphatic carbocycles. The molecule has 0 rings (SSSR count). The van der Waals surface area contributed by atoms with Crippen LogP contribution in [0.15, 0.2) is 0 Å². The predicted octanol–water partition coefficient (Wildman–Crippen LogP) is 3.11. The third-order valence-corrected chi connectivity index (χ3v) is 4.82. The topological polar surface area (TPSA) is 80.7 Å². The molecule has 0 saturated heterocycles. The van der Waals surface area contributed by atoms with Gasteiger partial charge in [-0.25, -0.2) is 0 Å². The van der Waals surface area contributed by atoms with E-state index in [-0.39, 0.29) is 5.92 Å². The molecule has 0 aromatic carbocycles. The van der Waals surface area contributed by atoms with Crippen LogP contribution in [0.2, 0.25) is 0 Å². The minimum Gasteiger partial charge on any atom is -0.465 e. The maximum atomic E-state index is 13.2. The van der Waals surface area contributed by atoms with Crippen molar-refractivity contribution in [1.29, 1.82) is 0 Å². The highest BCUT2D eigenvalue weighted by molar-refractivity contribution is 7.87. The van der Waals surface area contributed by atoms with Crippen molar-refractivity contribution in [2.75, 3.05) is 6.61 Å². The van der Waals surface area contributed by atoms with E-state index < -0.39 is 45.7 Å². The summed E-state index contributed by atoms with van der Waals surface area (Å²) < 4.78 is 85.6. The van der Waals surface area contributed by atoms with Crippen LogP contribution in [0, 0.1) is 11.3 Å². The van der Waals surface area contributed by atoms with Gasteiger partial charge in [0.2, 0.25) is 0 Å². The van der Waals surface area contributed by atoms with Crippen molar-refractivity contribution in [3.63, 3.8) is 0 Å². The fraction of sp³-hybridized carbons (Fsp3) is 0.917. The molecule has 0 spiro atoms. The Labute approximate surface area is 126 Å². The van der Waals surface area contributed by atoms with Crippen LogP contribution in [0.25, 0.3) is 0 Å². The highest BCUT2D eigenvalue weighted by atomic mass is 32.2. The van der Waals surface area contributed by atoms with Gasteiger partial charge in [-0.1, -0.05) is 20.8 Å². The molecule has 0 saturated carbocycles. The number of hydrogen-bond donors (Lipinski definition) is 1. The Balaban J connectivity index is 4.88. The van der Waals surface area contributed by atoms with Gasteiger partial charge in [-0.05, 0) is 19.3 Å². The SMILES string of the molecule is CCC(C)(C(=O)OCCC(F)(F)C(F)(F)S(=O)(=O)O)C(C)C. The Morgan fingerprint density at radius 1 is 1.23 bits per heavy atom. The van der Waals surface area contributed by atoms with E-state index in [1.165, 1.54) is 0 Å². The lowest BCUT2D eigenvalue weighted by molar-refractivity contribution is -0.179. The Morgan fingerprint density at radius 3 is 2.00 bits per heavy atom. The molecular weight excluding hydrogens is 332 g/mol. The Kier molecular flexibility index (Phi) is 6.42. The summed E-state index contributed by atoms with van der Waals surface area (Å²) >= 11 is 0. The second-order valence-corrected chi connectivity index (χ2v) is 6.97. The van der Waals surface area contributed by atoms with Crippen LogP contribution in [0.1, 0.15) is 40.5 Å². The normalized spacial score (nSPS) is 16.5. The molecule has 0 aromatic rings. The van der Waals surface area contributed by atoms with E-state index in [1.807, 2.05) is 0 Å². The van der Waals surface area contributed by atoms with Crippen LogP contribution < -0.4 is 0 Å². The molecule has 1 unspecified atom stereocenters. The van der Waals surface area contributed by atoms with Gasteiger partial charge in [0.15, 0.2) is 0 Å². The minimum atomic E-state index is -6.28. The zero-order valence-electron chi connectivity index (χ0n) is 12.7. The van der Waals surface area contributed by atoms with Gasteiger partial charge < -0.3 is 4.74 Å². The molecule has 0 radical (unpaired) electrons. The average molecular weight is 352 g/mol. The molecule has 10 heteroatoms. The van der Waals surface area contributed by atoms with Gasteiger partial charge >= 0.3 is 27.3 Å². The van der Waals surface area contributed by atoms with Crippen LogP contribution in [0.3, 0.4) is 0 Å². The van der Waals surface area contributed by atoms with Crippen molar-refractivity contribution in [2.24, 2.45) is 11.3 Å². The van der Waals surface area contributed by atoms with Crippen molar-refractivity contribution in [2.45, 2.75) is 51.7 Å². The number of halogens is 4. The number of ether oxygens (including phenoxy) is 1. The molecule has 1 N–H and O–H groups in total. The second-order valence-electron chi connectivity index (χ2n) is 5.51. The van der Waals surface area contributed by atoms with E-state index in [0.29, 0.717) is 6.42 Å². The zero-order valence-corrected chi connectivity index (χ0v) is 13.5. The van der Waals surface area contributed by atoms with Crippen LogP contribution in [0.4, 0.5) is 17.6 Å². The van der Waals surface area contributed by atoms with E-state index in [1.54, 1.807) is 27.7 Å². The maximum absolute atomic E-state index is 13.2. The Bertz CT molecular complexity index is 504. The smallest absolute Gasteiger partial charge is 0.431 e. The molecule has 0 bridgehead atoms. The fourth-order valence-electron chi connectivity index (χ4n) is 1.56. The summed E-state index contributed by atoms with van der Waals surface area (Å²) in [5.74, 6) is -6.08. The molecule has 1 atom stereocenters. The van der Waals surface area contributed by atoms with Crippen molar-refractivity contribution in [1.82, 2.24) is 0 Å². The molecule has 0 amide bonds. The third kappa shape index (κ3) is 4.09. The number of carbonyl (C=O) groups is 1. The number of carbonyl (C=O) groups excluding carboxylic acids is 1. The van der Waals surface area contributed by atoms with E-state index in [0.717, 1.165) is 0 Å². The van der Waals surface area contributed by atoms with Crippen LogP contribution >= 0.6 is 0 Å². The predicted molar refractivity (Wildman–Crippen MR) is 70.3 cm³/mol. The Hall–Kier alpha value is -0.900. The monoisotopic (exact) mass is 352 g/mol. The summed E-state index contributed by atoms with van der Waals surface area (Å²) in [7, 11) is -6.28. The fourth-order valence-corrected chi connectivity index (χ4v) is 2.04. The zero-order chi connectivity index (χ0) is 18.0. The van der Waals surface area contributed by atoms with Crippen molar-refractivity contribution < 1.29 is 40.1 Å². The van der Waals surface area contributed by atoms with Gasteiger partial charge in [-0.15, -0.1) is 0 Å². The summed E-state index contributed by atoms with van der Waals surface area (Å²) in [4.78, 5) is 11.8. The van der Waals surface area contributed by atoms with Gasteiger partial charge in [0.05, 0.1) is 18.4 Å². The number of hydrogen-bond acceptors (Lipinski definition) is 4. The highest BCUT2D eigenvalue weighted by Gasteiger charge is 2.65. The summed E-state index contributed by atoms with van der Waals surface area (Å²) in [5, 5.41) is -5.65. The lowest BCUT2D eigenvalue weighted by Gasteiger charge is -2.30. The quantitative estimate of drug-likeness (QED) is 0.412. The average Bonchev–Trinajstić information content (AvgIpc) is 2.35. The first-order valence-electron chi connectivity index (χ1n) is 6.53. The number of esters is 1. The van der Waals surface area contributed by atoms with Gasteiger partial charge in [0.1, 0.15) is 0 Å². The van der Waals surface area contributed by atoms with Crippen LogP contribution in [0.5, 0.6) is 0 Å². The number of alkyl halides is 4. The molecular formula is C12H20F4O5S. The van der Waals surface area contributed by atoms with Gasteiger partial charge in [-0.3, -0.25) is 9.35 Å². The first-order valence-corrected chi connectivity index (χ1v) is 7.97. The molecule has 5 nitrogen and oxygen atoms in total.